The van der Waals surface area contributed by atoms with E-state index < -0.39 is 30.1 Å². The zero-order valence-electron chi connectivity index (χ0n) is 14.7. The van der Waals surface area contributed by atoms with Crippen molar-refractivity contribution in [1.29, 1.82) is 0 Å². The Morgan fingerprint density at radius 3 is 2.29 bits per heavy atom. The van der Waals surface area contributed by atoms with E-state index in [1.807, 2.05) is 26.0 Å². The lowest BCUT2D eigenvalue weighted by Crippen LogP contribution is -2.49. The van der Waals surface area contributed by atoms with Crippen LogP contribution in [0.5, 0.6) is 5.75 Å². The Hall–Kier alpha value is -2.57. The molecule has 0 radical (unpaired) electrons. The number of carbonyl (C=O) groups is 3. The molecule has 0 saturated carbocycles. The van der Waals surface area contributed by atoms with E-state index in [1.165, 1.54) is 0 Å². The van der Waals surface area contributed by atoms with Crippen molar-refractivity contribution < 1.29 is 23.9 Å². The van der Waals surface area contributed by atoms with E-state index in [0.29, 0.717) is 5.75 Å². The number of ether oxygens (including phenoxy) is 2. The van der Waals surface area contributed by atoms with E-state index >= 15 is 0 Å². The van der Waals surface area contributed by atoms with Gasteiger partial charge in [0.1, 0.15) is 5.75 Å². The SMILES string of the molecule is Cc1ccc(OCC(=O)OCC(=O)NC(=O)NC(C)(C)C)cc1C. The third-order valence-electron chi connectivity index (χ3n) is 2.94. The van der Waals surface area contributed by atoms with Crippen LogP contribution in [0.4, 0.5) is 4.79 Å². The zero-order valence-corrected chi connectivity index (χ0v) is 14.7. The maximum Gasteiger partial charge on any atom is 0.344 e. The Morgan fingerprint density at radius 1 is 1.04 bits per heavy atom. The van der Waals surface area contributed by atoms with Crippen LogP contribution in [-0.4, -0.2) is 36.7 Å². The van der Waals surface area contributed by atoms with Crippen molar-refractivity contribution in [2.45, 2.75) is 40.2 Å². The Labute approximate surface area is 141 Å². The molecule has 0 aliphatic carbocycles. The molecule has 0 unspecified atom stereocenters. The van der Waals surface area contributed by atoms with Gasteiger partial charge in [0.2, 0.25) is 0 Å². The molecular weight excluding hydrogens is 312 g/mol. The van der Waals surface area contributed by atoms with Gasteiger partial charge in [0.05, 0.1) is 0 Å². The number of esters is 1. The van der Waals surface area contributed by atoms with Gasteiger partial charge in [-0.25, -0.2) is 9.59 Å². The van der Waals surface area contributed by atoms with Crippen LogP contribution in [0.3, 0.4) is 0 Å². The van der Waals surface area contributed by atoms with Gasteiger partial charge in [-0.05, 0) is 57.9 Å². The van der Waals surface area contributed by atoms with Crippen LogP contribution in [0, 0.1) is 13.8 Å². The molecule has 0 atom stereocenters. The molecule has 0 aliphatic rings. The van der Waals surface area contributed by atoms with E-state index in [2.05, 4.69) is 10.6 Å². The first-order valence-corrected chi connectivity index (χ1v) is 7.54. The van der Waals surface area contributed by atoms with Crippen LogP contribution in [-0.2, 0) is 14.3 Å². The van der Waals surface area contributed by atoms with Crippen LogP contribution in [0.15, 0.2) is 18.2 Å². The summed E-state index contributed by atoms with van der Waals surface area (Å²) in [5.41, 5.74) is 1.70. The number of rotatable bonds is 5. The molecule has 0 aromatic heterocycles. The van der Waals surface area contributed by atoms with E-state index in [9.17, 15) is 14.4 Å². The van der Waals surface area contributed by atoms with Crippen molar-refractivity contribution in [1.82, 2.24) is 10.6 Å². The first-order valence-electron chi connectivity index (χ1n) is 7.54. The lowest BCUT2D eigenvalue weighted by molar-refractivity contribution is -0.150. The van der Waals surface area contributed by atoms with Gasteiger partial charge in [-0.2, -0.15) is 0 Å². The smallest absolute Gasteiger partial charge is 0.344 e. The topological polar surface area (TPSA) is 93.7 Å². The summed E-state index contributed by atoms with van der Waals surface area (Å²) in [6.45, 7) is 8.38. The summed E-state index contributed by atoms with van der Waals surface area (Å²) in [4.78, 5) is 34.5. The second-order valence-electron chi connectivity index (χ2n) is 6.45. The maximum atomic E-state index is 11.6. The molecule has 2 N–H and O–H groups in total. The van der Waals surface area contributed by atoms with E-state index in [0.717, 1.165) is 11.1 Å². The minimum atomic E-state index is -0.712. The quantitative estimate of drug-likeness (QED) is 0.800. The average Bonchev–Trinajstić information content (AvgIpc) is 2.44. The van der Waals surface area contributed by atoms with Gasteiger partial charge in [0, 0.05) is 5.54 Å². The molecule has 0 bridgehead atoms. The number of benzene rings is 1. The molecule has 1 aromatic carbocycles. The number of hydrogen-bond acceptors (Lipinski definition) is 5. The van der Waals surface area contributed by atoms with E-state index in [4.69, 9.17) is 9.47 Å². The van der Waals surface area contributed by atoms with Gasteiger partial charge in [0.25, 0.3) is 5.91 Å². The number of nitrogens with one attached hydrogen (secondary N) is 2. The highest BCUT2D eigenvalue weighted by atomic mass is 16.6. The van der Waals surface area contributed by atoms with Crippen LogP contribution >= 0.6 is 0 Å². The summed E-state index contributed by atoms with van der Waals surface area (Å²) in [6, 6.07) is 4.80. The fraction of sp³-hybridized carbons (Fsp3) is 0.471. The second-order valence-corrected chi connectivity index (χ2v) is 6.45. The molecule has 7 nitrogen and oxygen atoms in total. The first kappa shape index (κ1) is 19.5. The monoisotopic (exact) mass is 336 g/mol. The van der Waals surface area contributed by atoms with Gasteiger partial charge < -0.3 is 14.8 Å². The fourth-order valence-electron chi connectivity index (χ4n) is 1.67. The second kappa shape index (κ2) is 8.33. The fourth-order valence-corrected chi connectivity index (χ4v) is 1.67. The summed E-state index contributed by atoms with van der Waals surface area (Å²) in [6.07, 6.45) is 0. The summed E-state index contributed by atoms with van der Waals surface area (Å²) < 4.78 is 10.1. The highest BCUT2D eigenvalue weighted by Gasteiger charge is 2.16. The molecule has 0 fully saturated rings. The molecule has 0 aliphatic heterocycles. The largest absolute Gasteiger partial charge is 0.482 e. The first-order chi connectivity index (χ1) is 11.1. The summed E-state index contributed by atoms with van der Waals surface area (Å²) in [5.74, 6) is -0.861. The summed E-state index contributed by atoms with van der Waals surface area (Å²) >= 11 is 0. The third kappa shape index (κ3) is 7.62. The van der Waals surface area contributed by atoms with Crippen molar-refractivity contribution in [3.8, 4) is 5.75 Å². The standard InChI is InChI=1S/C17H24N2O5/c1-11-6-7-13(8-12(11)2)23-10-15(21)24-9-14(20)18-16(22)19-17(3,4)5/h6-8H,9-10H2,1-5H3,(H2,18,19,20,22). The summed E-state index contributed by atoms with van der Waals surface area (Å²) in [5, 5.41) is 4.63. The number of imide groups is 1. The van der Waals surface area contributed by atoms with Crippen molar-refractivity contribution in [3.63, 3.8) is 0 Å². The lowest BCUT2D eigenvalue weighted by atomic mass is 10.1. The van der Waals surface area contributed by atoms with Crippen LogP contribution in [0.2, 0.25) is 0 Å². The van der Waals surface area contributed by atoms with Crippen molar-refractivity contribution >= 4 is 17.9 Å². The van der Waals surface area contributed by atoms with Crippen LogP contribution in [0.1, 0.15) is 31.9 Å². The number of carbonyl (C=O) groups excluding carboxylic acids is 3. The molecule has 132 valence electrons. The highest BCUT2D eigenvalue weighted by Crippen LogP contribution is 2.16. The predicted octanol–water partition coefficient (Wildman–Crippen LogP) is 1.85. The molecule has 0 spiro atoms. The Morgan fingerprint density at radius 2 is 1.71 bits per heavy atom. The summed E-state index contributed by atoms with van der Waals surface area (Å²) in [7, 11) is 0. The normalized spacial score (nSPS) is 10.7. The zero-order chi connectivity index (χ0) is 18.3. The molecule has 0 saturated heterocycles. The Balaban J connectivity index is 2.31. The number of aryl methyl sites for hydroxylation is 2. The molecule has 0 heterocycles. The van der Waals surface area contributed by atoms with Crippen LogP contribution in [0.25, 0.3) is 0 Å². The van der Waals surface area contributed by atoms with Crippen molar-refractivity contribution in [2.24, 2.45) is 0 Å². The van der Waals surface area contributed by atoms with Crippen LogP contribution < -0.4 is 15.4 Å². The third-order valence-corrected chi connectivity index (χ3v) is 2.94. The van der Waals surface area contributed by atoms with Gasteiger partial charge in [-0.1, -0.05) is 6.07 Å². The number of urea groups is 1. The molecule has 24 heavy (non-hydrogen) atoms. The molecule has 1 rings (SSSR count). The molecule has 7 heteroatoms. The maximum absolute atomic E-state index is 11.6. The predicted molar refractivity (Wildman–Crippen MR) is 88.8 cm³/mol. The highest BCUT2D eigenvalue weighted by molar-refractivity contribution is 5.95. The Kier molecular flexibility index (Phi) is 6.76. The minimum Gasteiger partial charge on any atom is -0.482 e. The molecule has 3 amide bonds. The van der Waals surface area contributed by atoms with Gasteiger partial charge in [-0.15, -0.1) is 0 Å². The minimum absolute atomic E-state index is 0.316. The van der Waals surface area contributed by atoms with Gasteiger partial charge in [0.15, 0.2) is 13.2 Å². The lowest BCUT2D eigenvalue weighted by Gasteiger charge is -2.20. The van der Waals surface area contributed by atoms with Crippen molar-refractivity contribution in [2.75, 3.05) is 13.2 Å². The van der Waals surface area contributed by atoms with Gasteiger partial charge in [-0.3, -0.25) is 10.1 Å². The average molecular weight is 336 g/mol. The van der Waals surface area contributed by atoms with E-state index in [1.54, 1.807) is 26.8 Å². The Bertz CT molecular complexity index is 620. The number of amides is 3. The van der Waals surface area contributed by atoms with Crippen molar-refractivity contribution in [3.05, 3.63) is 29.3 Å². The number of hydrogen-bond donors (Lipinski definition) is 2. The van der Waals surface area contributed by atoms with E-state index in [-0.39, 0.29) is 6.61 Å². The van der Waals surface area contributed by atoms with Gasteiger partial charge >= 0.3 is 12.0 Å². The molecular formula is C17H24N2O5. The molecule has 1 aromatic rings.